The molecule has 0 bridgehead atoms. The minimum atomic E-state index is 0.216. The molecule has 2 fully saturated rings. The maximum absolute atomic E-state index is 12.2. The highest BCUT2D eigenvalue weighted by atomic mass is 16.2. The van der Waals surface area contributed by atoms with E-state index < -0.39 is 0 Å². The van der Waals surface area contributed by atoms with Gasteiger partial charge in [-0.3, -0.25) is 9.69 Å². The molecule has 0 aromatic carbocycles. The van der Waals surface area contributed by atoms with E-state index >= 15 is 0 Å². The minimum Gasteiger partial charge on any atom is -0.352 e. The van der Waals surface area contributed by atoms with Gasteiger partial charge in [0.15, 0.2) is 0 Å². The largest absolute Gasteiger partial charge is 0.352 e. The van der Waals surface area contributed by atoms with E-state index in [1.807, 2.05) is 0 Å². The number of piperidine rings is 1. The van der Waals surface area contributed by atoms with Gasteiger partial charge in [0.2, 0.25) is 5.91 Å². The third kappa shape index (κ3) is 4.74. The molecule has 1 heterocycles. The van der Waals surface area contributed by atoms with Crippen LogP contribution in [-0.2, 0) is 4.79 Å². The van der Waals surface area contributed by atoms with Crippen molar-refractivity contribution < 1.29 is 4.79 Å². The molecule has 116 valence electrons. The molecule has 1 aliphatic carbocycles. The van der Waals surface area contributed by atoms with Crippen LogP contribution in [0.4, 0.5) is 0 Å². The van der Waals surface area contributed by atoms with Gasteiger partial charge in [-0.2, -0.15) is 0 Å². The zero-order chi connectivity index (χ0) is 14.4. The fourth-order valence-corrected chi connectivity index (χ4v) is 3.65. The molecule has 4 heteroatoms. The van der Waals surface area contributed by atoms with E-state index in [0.717, 1.165) is 38.3 Å². The van der Waals surface area contributed by atoms with Gasteiger partial charge >= 0.3 is 0 Å². The van der Waals surface area contributed by atoms with E-state index in [-0.39, 0.29) is 5.91 Å². The normalized spacial score (nSPS) is 32.0. The summed E-state index contributed by atoms with van der Waals surface area (Å²) >= 11 is 0. The average Bonchev–Trinajstić information content (AvgIpc) is 2.44. The van der Waals surface area contributed by atoms with E-state index in [0.29, 0.717) is 18.6 Å². The van der Waals surface area contributed by atoms with Crippen molar-refractivity contribution in [2.24, 2.45) is 11.7 Å². The summed E-state index contributed by atoms with van der Waals surface area (Å²) in [4.78, 5) is 14.6. The van der Waals surface area contributed by atoms with Crippen LogP contribution in [0.15, 0.2) is 0 Å². The predicted octanol–water partition coefficient (Wildman–Crippen LogP) is 1.88. The SMILES string of the molecule is CC1CCC(NC(=O)CN2CCCCC2CCN)CC1. The van der Waals surface area contributed by atoms with Gasteiger partial charge in [-0.05, 0) is 64.0 Å². The molecule has 1 saturated carbocycles. The van der Waals surface area contributed by atoms with Crippen molar-refractivity contribution in [3.8, 4) is 0 Å². The Morgan fingerprint density at radius 3 is 2.65 bits per heavy atom. The maximum Gasteiger partial charge on any atom is 0.234 e. The van der Waals surface area contributed by atoms with Crippen LogP contribution < -0.4 is 11.1 Å². The Hall–Kier alpha value is -0.610. The van der Waals surface area contributed by atoms with Crippen LogP contribution in [0.3, 0.4) is 0 Å². The Morgan fingerprint density at radius 2 is 1.95 bits per heavy atom. The number of rotatable bonds is 5. The van der Waals surface area contributed by atoms with Gasteiger partial charge in [-0.25, -0.2) is 0 Å². The lowest BCUT2D eigenvalue weighted by Crippen LogP contribution is -2.48. The molecular weight excluding hydrogens is 250 g/mol. The number of hydrogen-bond acceptors (Lipinski definition) is 3. The second-order valence-corrected chi connectivity index (χ2v) is 6.72. The molecule has 0 radical (unpaired) electrons. The van der Waals surface area contributed by atoms with Crippen molar-refractivity contribution in [1.29, 1.82) is 0 Å². The van der Waals surface area contributed by atoms with Gasteiger partial charge in [0.25, 0.3) is 0 Å². The van der Waals surface area contributed by atoms with Crippen molar-refractivity contribution in [3.63, 3.8) is 0 Å². The molecule has 0 aromatic rings. The first-order valence-electron chi connectivity index (χ1n) is 8.42. The van der Waals surface area contributed by atoms with Gasteiger partial charge in [0.05, 0.1) is 6.54 Å². The number of nitrogens with two attached hydrogens (primary N) is 1. The number of carbonyl (C=O) groups excluding carboxylic acids is 1. The number of nitrogens with one attached hydrogen (secondary N) is 1. The second kappa shape index (κ2) is 7.99. The highest BCUT2D eigenvalue weighted by Crippen LogP contribution is 2.23. The fourth-order valence-electron chi connectivity index (χ4n) is 3.65. The average molecular weight is 281 g/mol. The molecule has 3 N–H and O–H groups in total. The van der Waals surface area contributed by atoms with Crippen molar-refractivity contribution in [2.45, 2.75) is 70.4 Å². The second-order valence-electron chi connectivity index (χ2n) is 6.72. The molecular formula is C16H31N3O. The van der Waals surface area contributed by atoms with E-state index in [1.54, 1.807) is 0 Å². The Balaban J connectivity index is 1.74. The monoisotopic (exact) mass is 281 g/mol. The first-order chi connectivity index (χ1) is 9.69. The number of amides is 1. The summed E-state index contributed by atoms with van der Waals surface area (Å²) in [6.45, 7) is 4.66. The molecule has 1 amide bonds. The topological polar surface area (TPSA) is 58.4 Å². The van der Waals surface area contributed by atoms with Crippen LogP contribution in [0.2, 0.25) is 0 Å². The maximum atomic E-state index is 12.2. The Kier molecular flexibility index (Phi) is 6.30. The van der Waals surface area contributed by atoms with Crippen LogP contribution in [0.5, 0.6) is 0 Å². The van der Waals surface area contributed by atoms with E-state index in [9.17, 15) is 4.79 Å². The summed E-state index contributed by atoms with van der Waals surface area (Å²) in [5.74, 6) is 1.05. The van der Waals surface area contributed by atoms with Crippen molar-refractivity contribution >= 4 is 5.91 Å². The molecule has 20 heavy (non-hydrogen) atoms. The molecule has 2 aliphatic rings. The van der Waals surface area contributed by atoms with Gasteiger partial charge < -0.3 is 11.1 Å². The summed E-state index contributed by atoms with van der Waals surface area (Å²) in [5.41, 5.74) is 5.69. The Bertz CT molecular complexity index is 298. The lowest BCUT2D eigenvalue weighted by molar-refractivity contribution is -0.124. The molecule has 1 aliphatic heterocycles. The number of carbonyl (C=O) groups is 1. The third-order valence-corrected chi connectivity index (χ3v) is 4.98. The molecule has 0 aromatic heterocycles. The molecule has 1 saturated heterocycles. The summed E-state index contributed by atoms with van der Waals surface area (Å²) in [6.07, 6.45) is 9.53. The third-order valence-electron chi connectivity index (χ3n) is 4.98. The molecule has 1 unspecified atom stereocenters. The minimum absolute atomic E-state index is 0.216. The highest BCUT2D eigenvalue weighted by molar-refractivity contribution is 5.78. The van der Waals surface area contributed by atoms with Crippen molar-refractivity contribution in [2.75, 3.05) is 19.6 Å². The lowest BCUT2D eigenvalue weighted by Gasteiger charge is -2.35. The standard InChI is InChI=1S/C16H31N3O/c1-13-5-7-14(8-6-13)18-16(20)12-19-11-3-2-4-15(19)9-10-17/h13-15H,2-12,17H2,1H3,(H,18,20). The summed E-state index contributed by atoms with van der Waals surface area (Å²) in [6, 6.07) is 0.933. The first kappa shape index (κ1) is 15.8. The van der Waals surface area contributed by atoms with Crippen LogP contribution >= 0.6 is 0 Å². The smallest absolute Gasteiger partial charge is 0.234 e. The fraction of sp³-hybridized carbons (Fsp3) is 0.938. The van der Waals surface area contributed by atoms with Crippen LogP contribution in [0, 0.1) is 5.92 Å². The van der Waals surface area contributed by atoms with Crippen LogP contribution in [0.1, 0.15) is 58.3 Å². The predicted molar refractivity (Wildman–Crippen MR) is 82.4 cm³/mol. The number of likely N-dealkylation sites (tertiary alicyclic amines) is 1. The van der Waals surface area contributed by atoms with Gasteiger partial charge in [0.1, 0.15) is 0 Å². The zero-order valence-corrected chi connectivity index (χ0v) is 12.9. The number of hydrogen-bond donors (Lipinski definition) is 2. The van der Waals surface area contributed by atoms with E-state index in [2.05, 4.69) is 17.1 Å². The molecule has 0 spiro atoms. The lowest BCUT2D eigenvalue weighted by atomic mass is 9.87. The van der Waals surface area contributed by atoms with E-state index in [4.69, 9.17) is 5.73 Å². The van der Waals surface area contributed by atoms with Gasteiger partial charge in [-0.1, -0.05) is 13.3 Å². The number of nitrogens with zero attached hydrogens (tertiary/aromatic N) is 1. The summed E-state index contributed by atoms with van der Waals surface area (Å²) in [7, 11) is 0. The van der Waals surface area contributed by atoms with E-state index in [1.165, 1.54) is 32.1 Å². The molecule has 4 nitrogen and oxygen atoms in total. The van der Waals surface area contributed by atoms with Gasteiger partial charge in [0, 0.05) is 12.1 Å². The summed E-state index contributed by atoms with van der Waals surface area (Å²) < 4.78 is 0. The zero-order valence-electron chi connectivity index (χ0n) is 12.9. The molecule has 2 rings (SSSR count). The van der Waals surface area contributed by atoms with Crippen LogP contribution in [0.25, 0.3) is 0 Å². The van der Waals surface area contributed by atoms with Crippen molar-refractivity contribution in [3.05, 3.63) is 0 Å². The highest BCUT2D eigenvalue weighted by Gasteiger charge is 2.25. The van der Waals surface area contributed by atoms with Gasteiger partial charge in [-0.15, -0.1) is 0 Å². The Labute approximate surface area is 123 Å². The first-order valence-corrected chi connectivity index (χ1v) is 8.42. The quantitative estimate of drug-likeness (QED) is 0.809. The van der Waals surface area contributed by atoms with Crippen LogP contribution in [-0.4, -0.2) is 42.5 Å². The summed E-state index contributed by atoms with van der Waals surface area (Å²) in [5, 5.41) is 3.24. The molecule has 1 atom stereocenters. The Morgan fingerprint density at radius 1 is 1.20 bits per heavy atom. The van der Waals surface area contributed by atoms with Crippen molar-refractivity contribution in [1.82, 2.24) is 10.2 Å².